The number of carbonyl (C=O) groups excluding carboxylic acids is 1. The molecule has 0 unspecified atom stereocenters. The highest BCUT2D eigenvalue weighted by atomic mass is 32.1. The molecule has 1 heterocycles. The molecule has 5 nitrogen and oxygen atoms in total. The molecule has 2 aromatic rings. The van der Waals surface area contributed by atoms with Crippen molar-refractivity contribution in [2.75, 3.05) is 12.4 Å². The van der Waals surface area contributed by atoms with Gasteiger partial charge in [0.2, 0.25) is 0 Å². The number of nitrogens with one attached hydrogen (secondary N) is 1. The van der Waals surface area contributed by atoms with E-state index in [0.717, 1.165) is 30.2 Å². The smallest absolute Gasteiger partial charge is 0.339 e. The topological polar surface area (TPSA) is 68.5 Å². The van der Waals surface area contributed by atoms with E-state index in [4.69, 9.17) is 9.15 Å². The molecule has 110 valence electrons. The van der Waals surface area contributed by atoms with Crippen molar-refractivity contribution in [3.63, 3.8) is 0 Å². The number of thiol groups is 1. The molecule has 3 rings (SSSR count). The molecule has 1 amide bonds. The molecular formula is C15H15NO4S. The quantitative estimate of drug-likeness (QED) is 0.660. The molecule has 0 atom stereocenters. The van der Waals surface area contributed by atoms with Gasteiger partial charge in [-0.15, -0.1) is 0 Å². The zero-order valence-corrected chi connectivity index (χ0v) is 12.5. The number of carbonyl (C=O) groups is 1. The highest BCUT2D eigenvalue weighted by molar-refractivity contribution is 7.96. The van der Waals surface area contributed by atoms with Crippen molar-refractivity contribution < 1.29 is 13.9 Å². The van der Waals surface area contributed by atoms with Crippen LogP contribution in [0.3, 0.4) is 0 Å². The molecule has 0 saturated heterocycles. The molecule has 1 aliphatic rings. The van der Waals surface area contributed by atoms with Crippen molar-refractivity contribution in [1.82, 2.24) is 0 Å². The lowest BCUT2D eigenvalue weighted by Crippen LogP contribution is -2.16. The number of ether oxygens (including phenoxy) is 1. The molecule has 0 bridgehead atoms. The van der Waals surface area contributed by atoms with Crippen LogP contribution in [-0.4, -0.2) is 12.3 Å². The monoisotopic (exact) mass is 305 g/mol. The van der Waals surface area contributed by atoms with Crippen LogP contribution in [-0.2, 0) is 12.8 Å². The van der Waals surface area contributed by atoms with E-state index >= 15 is 0 Å². The van der Waals surface area contributed by atoms with Gasteiger partial charge in [0.05, 0.1) is 12.8 Å². The Morgan fingerprint density at radius 3 is 2.67 bits per heavy atom. The molecule has 21 heavy (non-hydrogen) atoms. The Balaban J connectivity index is 2.36. The first-order chi connectivity index (χ1) is 10.1. The molecule has 1 N–H and O–H groups in total. The summed E-state index contributed by atoms with van der Waals surface area (Å²) in [6.07, 6.45) is 3.52. The molecular weight excluding hydrogens is 290 g/mol. The summed E-state index contributed by atoms with van der Waals surface area (Å²) in [6.45, 7) is 0. The number of hydrogen-bond acceptors (Lipinski definition) is 4. The summed E-state index contributed by atoms with van der Waals surface area (Å²) in [4.78, 5) is 23.4. The highest BCUT2D eigenvalue weighted by Crippen LogP contribution is 2.35. The molecule has 1 aromatic heterocycles. The van der Waals surface area contributed by atoms with E-state index < -0.39 is 5.24 Å². The average molecular weight is 305 g/mol. The number of benzene rings is 1. The van der Waals surface area contributed by atoms with Gasteiger partial charge in [0, 0.05) is 23.1 Å². The Hall–Kier alpha value is -1.95. The van der Waals surface area contributed by atoms with Gasteiger partial charge in [-0.1, -0.05) is 12.6 Å². The summed E-state index contributed by atoms with van der Waals surface area (Å²) in [6, 6.07) is 3.38. The molecule has 1 aromatic carbocycles. The first-order valence-corrected chi connectivity index (χ1v) is 7.21. The van der Waals surface area contributed by atoms with E-state index in [-0.39, 0.29) is 5.63 Å². The Kier molecular flexibility index (Phi) is 3.63. The predicted octanol–water partition coefficient (Wildman–Crippen LogP) is 3.14. The zero-order chi connectivity index (χ0) is 15.0. The van der Waals surface area contributed by atoms with Crippen LogP contribution in [0.25, 0.3) is 11.0 Å². The van der Waals surface area contributed by atoms with Crippen LogP contribution in [0.4, 0.5) is 10.5 Å². The van der Waals surface area contributed by atoms with Crippen LogP contribution in [0.5, 0.6) is 5.75 Å². The number of methoxy groups -OCH3 is 1. The van der Waals surface area contributed by atoms with Crippen molar-refractivity contribution in [2.45, 2.75) is 25.7 Å². The second-order valence-electron chi connectivity index (χ2n) is 5.03. The van der Waals surface area contributed by atoms with Crippen LogP contribution in [0, 0.1) is 0 Å². The Morgan fingerprint density at radius 1 is 1.29 bits per heavy atom. The number of anilines is 1. The molecule has 0 fully saturated rings. The lowest BCUT2D eigenvalue weighted by Gasteiger charge is -2.18. The molecule has 6 heteroatoms. The Bertz CT molecular complexity index is 781. The van der Waals surface area contributed by atoms with E-state index in [1.54, 1.807) is 12.1 Å². The number of amides is 1. The summed E-state index contributed by atoms with van der Waals surface area (Å²) in [5.74, 6) is 0.512. The Morgan fingerprint density at radius 2 is 2.00 bits per heavy atom. The van der Waals surface area contributed by atoms with E-state index in [1.165, 1.54) is 7.11 Å². The fourth-order valence-corrected chi connectivity index (χ4v) is 3.00. The van der Waals surface area contributed by atoms with E-state index in [1.807, 2.05) is 0 Å². The van der Waals surface area contributed by atoms with Crippen molar-refractivity contribution in [3.8, 4) is 5.75 Å². The third-order valence-corrected chi connectivity index (χ3v) is 3.88. The van der Waals surface area contributed by atoms with Crippen LogP contribution in [0.2, 0.25) is 0 Å². The largest absolute Gasteiger partial charge is 0.497 e. The van der Waals surface area contributed by atoms with Gasteiger partial charge in [-0.05, 0) is 31.2 Å². The van der Waals surface area contributed by atoms with Gasteiger partial charge in [0.25, 0.3) is 5.24 Å². The second-order valence-corrected chi connectivity index (χ2v) is 5.44. The number of rotatable bonds is 2. The summed E-state index contributed by atoms with van der Waals surface area (Å²) in [5, 5.41) is 2.97. The van der Waals surface area contributed by atoms with Crippen LogP contribution >= 0.6 is 12.6 Å². The molecule has 0 spiro atoms. The molecule has 0 aliphatic heterocycles. The summed E-state index contributed by atoms with van der Waals surface area (Å²) >= 11 is 3.76. The SMILES string of the molecule is COc1cc(NC(=O)S)c2c3c(c(=O)oc2c1)CCCC3. The molecule has 1 aliphatic carbocycles. The van der Waals surface area contributed by atoms with Gasteiger partial charge in [0.15, 0.2) is 0 Å². The van der Waals surface area contributed by atoms with Crippen LogP contribution in [0.15, 0.2) is 21.3 Å². The average Bonchev–Trinajstić information content (AvgIpc) is 2.46. The Labute approximate surface area is 126 Å². The normalized spacial score (nSPS) is 13.8. The van der Waals surface area contributed by atoms with Gasteiger partial charge in [-0.25, -0.2) is 4.79 Å². The van der Waals surface area contributed by atoms with Crippen LogP contribution in [0.1, 0.15) is 24.0 Å². The van der Waals surface area contributed by atoms with Crippen LogP contribution < -0.4 is 15.7 Å². The lowest BCUT2D eigenvalue weighted by molar-refractivity contribution is 0.270. The maximum atomic E-state index is 12.1. The zero-order valence-electron chi connectivity index (χ0n) is 11.6. The van der Waals surface area contributed by atoms with Crippen molar-refractivity contribution >= 4 is 34.5 Å². The second kappa shape index (κ2) is 5.44. The van der Waals surface area contributed by atoms with Gasteiger partial charge in [-0.2, -0.15) is 0 Å². The van der Waals surface area contributed by atoms with E-state index in [9.17, 15) is 9.59 Å². The summed E-state index contributed by atoms with van der Waals surface area (Å²) < 4.78 is 10.6. The number of hydrogen-bond donors (Lipinski definition) is 2. The highest BCUT2D eigenvalue weighted by Gasteiger charge is 2.21. The fraction of sp³-hybridized carbons (Fsp3) is 0.333. The number of aryl methyl sites for hydroxylation is 1. The van der Waals surface area contributed by atoms with Crippen molar-refractivity contribution in [3.05, 3.63) is 33.7 Å². The minimum atomic E-state index is -0.472. The van der Waals surface area contributed by atoms with Gasteiger partial charge in [-0.3, -0.25) is 4.79 Å². The van der Waals surface area contributed by atoms with Gasteiger partial charge >= 0.3 is 5.63 Å². The number of fused-ring (bicyclic) bond motifs is 3. The summed E-state index contributed by atoms with van der Waals surface area (Å²) in [7, 11) is 1.52. The third-order valence-electron chi connectivity index (χ3n) is 3.77. The summed E-state index contributed by atoms with van der Waals surface area (Å²) in [5.41, 5.74) is 2.37. The van der Waals surface area contributed by atoms with Gasteiger partial charge < -0.3 is 14.5 Å². The van der Waals surface area contributed by atoms with Crippen molar-refractivity contribution in [2.24, 2.45) is 0 Å². The third kappa shape index (κ3) is 2.51. The first kappa shape index (κ1) is 14.0. The predicted molar refractivity (Wildman–Crippen MR) is 83.7 cm³/mol. The first-order valence-electron chi connectivity index (χ1n) is 6.76. The standard InChI is InChI=1S/C15H15NO4S/c1-19-8-6-11(16-15(18)21)13-9-4-2-3-5-10(9)14(17)20-12(13)7-8/h6-7H,2-5H2,1H3,(H2,16,18,21). The fourth-order valence-electron chi connectivity index (χ4n) is 2.88. The molecule has 0 saturated carbocycles. The lowest BCUT2D eigenvalue weighted by atomic mass is 9.90. The van der Waals surface area contributed by atoms with E-state index in [2.05, 4.69) is 17.9 Å². The van der Waals surface area contributed by atoms with Crippen molar-refractivity contribution in [1.29, 1.82) is 0 Å². The minimum absolute atomic E-state index is 0.298. The maximum absolute atomic E-state index is 12.1. The van der Waals surface area contributed by atoms with E-state index in [0.29, 0.717) is 29.0 Å². The van der Waals surface area contributed by atoms with Gasteiger partial charge in [0.1, 0.15) is 11.3 Å². The minimum Gasteiger partial charge on any atom is -0.497 e. The maximum Gasteiger partial charge on any atom is 0.339 e. The molecule has 0 radical (unpaired) electrons.